The Morgan fingerprint density at radius 1 is 0.806 bits per heavy atom. The molecule has 2 aromatic heterocycles. The number of carbonyl (C=O) groups excluding carboxylic acids is 2. The Kier molecular flexibility index (Phi) is 6.00. The van der Waals surface area contributed by atoms with Crippen LogP contribution >= 0.6 is 11.3 Å². The fourth-order valence-corrected chi connectivity index (χ4v) is 3.45. The van der Waals surface area contributed by atoms with Crippen LogP contribution in [-0.4, -0.2) is 16.8 Å². The zero-order valence-electron chi connectivity index (χ0n) is 16.1. The van der Waals surface area contributed by atoms with Crippen LogP contribution in [0.15, 0.2) is 84.4 Å². The number of halogens is 1. The van der Waals surface area contributed by atoms with Gasteiger partial charge in [-0.15, -0.1) is 11.3 Å². The van der Waals surface area contributed by atoms with E-state index in [4.69, 9.17) is 0 Å². The number of hydrogen-bond acceptors (Lipinski definition) is 5. The first kappa shape index (κ1) is 20.2. The summed E-state index contributed by atoms with van der Waals surface area (Å²) in [5, 5.41) is 10.4. The zero-order chi connectivity index (χ0) is 21.6. The quantitative estimate of drug-likeness (QED) is 0.374. The van der Waals surface area contributed by atoms with Crippen LogP contribution in [0.1, 0.15) is 20.0 Å². The highest BCUT2D eigenvalue weighted by molar-refractivity contribution is 7.12. The molecule has 0 bridgehead atoms. The highest BCUT2D eigenvalue weighted by Crippen LogP contribution is 2.21. The van der Waals surface area contributed by atoms with E-state index in [9.17, 15) is 14.0 Å². The van der Waals surface area contributed by atoms with Gasteiger partial charge in [0, 0.05) is 23.3 Å². The van der Waals surface area contributed by atoms with Crippen molar-refractivity contribution in [2.45, 2.75) is 0 Å². The Balaban J connectivity index is 1.44. The van der Waals surface area contributed by atoms with Crippen molar-refractivity contribution in [1.29, 1.82) is 0 Å². The number of nitrogens with one attached hydrogen (secondary N) is 3. The molecule has 0 saturated carbocycles. The van der Waals surface area contributed by atoms with Gasteiger partial charge in [0.25, 0.3) is 11.8 Å². The van der Waals surface area contributed by atoms with Gasteiger partial charge in [-0.3, -0.25) is 9.59 Å². The first-order valence-corrected chi connectivity index (χ1v) is 10.2. The topological polar surface area (TPSA) is 83.1 Å². The van der Waals surface area contributed by atoms with Crippen molar-refractivity contribution >= 4 is 46.0 Å². The molecular formula is C23H17FN4O2S. The third-order valence-electron chi connectivity index (χ3n) is 4.29. The molecule has 8 heteroatoms. The van der Waals surface area contributed by atoms with Crippen LogP contribution in [-0.2, 0) is 0 Å². The Labute approximate surface area is 181 Å². The summed E-state index contributed by atoms with van der Waals surface area (Å²) in [6.07, 6.45) is 1.55. The lowest BCUT2D eigenvalue weighted by Gasteiger charge is -2.12. The van der Waals surface area contributed by atoms with Crippen molar-refractivity contribution in [3.8, 4) is 0 Å². The molecule has 0 saturated heterocycles. The number of thiophene rings is 1. The molecule has 4 rings (SSSR count). The van der Waals surface area contributed by atoms with Crippen LogP contribution < -0.4 is 16.0 Å². The Hall–Kier alpha value is -4.04. The van der Waals surface area contributed by atoms with Crippen LogP contribution in [0.25, 0.3) is 0 Å². The lowest BCUT2D eigenvalue weighted by atomic mass is 10.2. The highest BCUT2D eigenvalue weighted by Gasteiger charge is 2.13. The number of carbonyl (C=O) groups is 2. The van der Waals surface area contributed by atoms with Crippen LogP contribution in [0.5, 0.6) is 0 Å². The lowest BCUT2D eigenvalue weighted by molar-refractivity contribution is 0.102. The molecule has 0 unspecified atom stereocenters. The minimum atomic E-state index is -0.391. The molecule has 0 spiro atoms. The summed E-state index contributed by atoms with van der Waals surface area (Å²) < 4.78 is 13.4. The van der Waals surface area contributed by atoms with Crippen LogP contribution in [0.4, 0.5) is 27.3 Å². The van der Waals surface area contributed by atoms with Gasteiger partial charge in [-0.25, -0.2) is 9.37 Å². The SMILES string of the molecule is O=C(Nc1ccc(NC(=O)c2cccnc2Nc2cccc(F)c2)cc1)c1cccs1. The monoisotopic (exact) mass is 432 g/mol. The standard InChI is InChI=1S/C23H17FN4O2S/c24-15-4-1-5-18(14-15)26-21-19(6-2-12-25-21)22(29)27-16-8-10-17(11-9-16)28-23(30)20-7-3-13-31-20/h1-14H,(H,25,26)(H,27,29)(H,28,30). The summed E-state index contributed by atoms with van der Waals surface area (Å²) in [5.74, 6) is -0.638. The predicted molar refractivity (Wildman–Crippen MR) is 121 cm³/mol. The summed E-state index contributed by atoms with van der Waals surface area (Å²) in [7, 11) is 0. The van der Waals surface area contributed by atoms with Gasteiger partial charge in [-0.2, -0.15) is 0 Å². The Bertz CT molecular complexity index is 1210. The molecule has 2 aromatic carbocycles. The third kappa shape index (κ3) is 5.12. The van der Waals surface area contributed by atoms with Gasteiger partial charge in [-0.1, -0.05) is 12.1 Å². The summed E-state index contributed by atoms with van der Waals surface area (Å²) in [4.78, 5) is 29.7. The molecule has 6 nitrogen and oxygen atoms in total. The molecule has 0 aliphatic carbocycles. The molecule has 3 N–H and O–H groups in total. The van der Waals surface area contributed by atoms with Gasteiger partial charge >= 0.3 is 0 Å². The van der Waals surface area contributed by atoms with Gasteiger partial charge in [0.2, 0.25) is 0 Å². The van der Waals surface area contributed by atoms with Crippen LogP contribution in [0.2, 0.25) is 0 Å². The van der Waals surface area contributed by atoms with E-state index >= 15 is 0 Å². The van der Waals surface area contributed by atoms with Crippen molar-refractivity contribution in [3.05, 3.63) is 101 Å². The van der Waals surface area contributed by atoms with Crippen molar-refractivity contribution in [2.24, 2.45) is 0 Å². The average molecular weight is 432 g/mol. The molecule has 0 atom stereocenters. The first-order valence-electron chi connectivity index (χ1n) is 9.32. The first-order chi connectivity index (χ1) is 15.1. The largest absolute Gasteiger partial charge is 0.339 e. The van der Waals surface area contributed by atoms with Crippen LogP contribution in [0, 0.1) is 5.82 Å². The maximum Gasteiger partial charge on any atom is 0.265 e. The number of rotatable bonds is 6. The maximum absolute atomic E-state index is 13.4. The third-order valence-corrected chi connectivity index (χ3v) is 5.15. The highest BCUT2D eigenvalue weighted by atomic mass is 32.1. The second kappa shape index (κ2) is 9.19. The van der Waals surface area contributed by atoms with E-state index in [-0.39, 0.29) is 11.8 Å². The lowest BCUT2D eigenvalue weighted by Crippen LogP contribution is -2.15. The minimum absolute atomic E-state index is 0.185. The zero-order valence-corrected chi connectivity index (χ0v) is 16.9. The number of amides is 2. The second-order valence-electron chi connectivity index (χ2n) is 6.50. The number of anilines is 4. The number of aromatic nitrogens is 1. The van der Waals surface area contributed by atoms with E-state index in [1.165, 1.54) is 23.5 Å². The maximum atomic E-state index is 13.4. The van der Waals surface area contributed by atoms with Gasteiger partial charge in [-0.05, 0) is 66.0 Å². The average Bonchev–Trinajstić information content (AvgIpc) is 3.31. The van der Waals surface area contributed by atoms with Crippen molar-refractivity contribution < 1.29 is 14.0 Å². The molecule has 4 aromatic rings. The molecule has 2 heterocycles. The molecule has 2 amide bonds. The number of hydrogen-bond donors (Lipinski definition) is 3. The fourth-order valence-electron chi connectivity index (χ4n) is 2.83. The van der Waals surface area contributed by atoms with Gasteiger partial charge in [0.15, 0.2) is 0 Å². The molecule has 154 valence electrons. The number of benzene rings is 2. The van der Waals surface area contributed by atoms with Gasteiger partial charge in [0.05, 0.1) is 10.4 Å². The predicted octanol–water partition coefficient (Wildman–Crippen LogP) is 5.53. The van der Waals surface area contributed by atoms with Gasteiger partial charge in [0.1, 0.15) is 11.6 Å². The van der Waals surface area contributed by atoms with E-state index < -0.39 is 5.82 Å². The molecule has 0 fully saturated rings. The summed E-state index contributed by atoms with van der Waals surface area (Å²) in [6, 6.07) is 19.5. The van der Waals surface area contributed by atoms with E-state index in [2.05, 4.69) is 20.9 Å². The van der Waals surface area contributed by atoms with Crippen LogP contribution in [0.3, 0.4) is 0 Å². The Morgan fingerprint density at radius 3 is 2.23 bits per heavy atom. The molecule has 0 aliphatic heterocycles. The molecule has 31 heavy (non-hydrogen) atoms. The number of pyridine rings is 1. The van der Waals surface area contributed by atoms with Crippen molar-refractivity contribution in [3.63, 3.8) is 0 Å². The van der Waals surface area contributed by atoms with Crippen molar-refractivity contribution in [1.82, 2.24) is 4.98 Å². The van der Waals surface area contributed by atoms with Crippen molar-refractivity contribution in [2.75, 3.05) is 16.0 Å². The molecule has 0 radical (unpaired) electrons. The molecule has 0 aliphatic rings. The van der Waals surface area contributed by atoms with E-state index in [1.807, 2.05) is 11.4 Å². The molecular weight excluding hydrogens is 415 g/mol. The summed E-state index contributed by atoms with van der Waals surface area (Å²) in [5.41, 5.74) is 1.96. The van der Waals surface area contributed by atoms with E-state index in [1.54, 1.807) is 60.8 Å². The normalized spacial score (nSPS) is 10.4. The smallest absolute Gasteiger partial charge is 0.265 e. The summed E-state index contributed by atoms with van der Waals surface area (Å²) >= 11 is 1.36. The Morgan fingerprint density at radius 2 is 1.55 bits per heavy atom. The fraction of sp³-hybridized carbons (Fsp3) is 0. The van der Waals surface area contributed by atoms with E-state index in [0.29, 0.717) is 33.3 Å². The number of nitrogens with zero attached hydrogens (tertiary/aromatic N) is 1. The van der Waals surface area contributed by atoms with E-state index in [0.717, 1.165) is 0 Å². The summed E-state index contributed by atoms with van der Waals surface area (Å²) in [6.45, 7) is 0. The van der Waals surface area contributed by atoms with Gasteiger partial charge < -0.3 is 16.0 Å². The second-order valence-corrected chi connectivity index (χ2v) is 7.45. The minimum Gasteiger partial charge on any atom is -0.339 e.